The standard InChI is InChI=1S/C22H30N4O2/c1-25-14-18(13-24-25)21(27)26-10-8-22(9-11-26,16-28-2)15-23-20-12-19(20)17-6-4-3-5-7-17/h3-7,13-14,19-20,23H,8-12,15-16H2,1-2H3/t19-,20-/m0/s1. The predicted octanol–water partition coefficient (Wildman–Crippen LogP) is 2.43. The van der Waals surface area contributed by atoms with Crippen molar-refractivity contribution in [2.24, 2.45) is 12.5 Å². The first kappa shape index (κ1) is 19.2. The fourth-order valence-electron chi connectivity index (χ4n) is 4.41. The molecule has 2 aliphatic rings. The molecule has 6 heteroatoms. The third-order valence-electron chi connectivity index (χ3n) is 6.27. The molecule has 2 atom stereocenters. The Kier molecular flexibility index (Phi) is 5.51. The van der Waals surface area contributed by atoms with E-state index in [0.717, 1.165) is 39.1 Å². The topological polar surface area (TPSA) is 59.4 Å². The van der Waals surface area contributed by atoms with Crippen LogP contribution < -0.4 is 5.32 Å². The van der Waals surface area contributed by atoms with E-state index >= 15 is 0 Å². The van der Waals surface area contributed by atoms with Gasteiger partial charge in [0.15, 0.2) is 0 Å². The third kappa shape index (κ3) is 4.13. The normalized spacial score (nSPS) is 23.6. The number of aromatic nitrogens is 2. The minimum atomic E-state index is 0.0819. The maximum absolute atomic E-state index is 12.7. The van der Waals surface area contributed by atoms with Crippen molar-refractivity contribution in [3.8, 4) is 0 Å². The largest absolute Gasteiger partial charge is 0.384 e. The number of ether oxygens (including phenoxy) is 1. The molecule has 1 saturated heterocycles. The number of piperidine rings is 1. The van der Waals surface area contributed by atoms with Gasteiger partial charge in [-0.05, 0) is 24.8 Å². The zero-order chi connectivity index (χ0) is 19.6. The molecule has 0 spiro atoms. The summed E-state index contributed by atoms with van der Waals surface area (Å²) in [5.74, 6) is 0.714. The Labute approximate surface area is 166 Å². The van der Waals surface area contributed by atoms with Gasteiger partial charge in [0.05, 0.1) is 18.4 Å². The van der Waals surface area contributed by atoms with Crippen LogP contribution in [0, 0.1) is 5.41 Å². The van der Waals surface area contributed by atoms with Crippen LogP contribution in [-0.2, 0) is 11.8 Å². The number of nitrogens with one attached hydrogen (secondary N) is 1. The molecule has 150 valence electrons. The van der Waals surface area contributed by atoms with Crippen LogP contribution in [-0.4, -0.2) is 60.0 Å². The van der Waals surface area contributed by atoms with E-state index in [1.807, 2.05) is 11.9 Å². The van der Waals surface area contributed by atoms with E-state index in [1.165, 1.54) is 12.0 Å². The number of carbonyl (C=O) groups excluding carboxylic acids is 1. The Bertz CT molecular complexity index is 796. The summed E-state index contributed by atoms with van der Waals surface area (Å²) in [7, 11) is 3.61. The summed E-state index contributed by atoms with van der Waals surface area (Å²) in [6, 6.07) is 11.3. The Morgan fingerprint density at radius 2 is 2.04 bits per heavy atom. The van der Waals surface area contributed by atoms with Crippen molar-refractivity contribution in [3.63, 3.8) is 0 Å². The Hall–Kier alpha value is -2.18. The minimum absolute atomic E-state index is 0.0819. The van der Waals surface area contributed by atoms with Gasteiger partial charge in [0.25, 0.3) is 5.91 Å². The first-order valence-corrected chi connectivity index (χ1v) is 10.2. The molecular formula is C22H30N4O2. The molecule has 0 bridgehead atoms. The quantitative estimate of drug-likeness (QED) is 0.799. The van der Waals surface area contributed by atoms with Crippen molar-refractivity contribution >= 4 is 5.91 Å². The molecule has 1 N–H and O–H groups in total. The second kappa shape index (κ2) is 8.05. The van der Waals surface area contributed by atoms with Crippen LogP contribution in [0.15, 0.2) is 42.7 Å². The van der Waals surface area contributed by atoms with Crippen LogP contribution in [0.25, 0.3) is 0 Å². The van der Waals surface area contributed by atoms with Crippen molar-refractivity contribution in [2.45, 2.75) is 31.2 Å². The highest BCUT2D eigenvalue weighted by Gasteiger charge is 2.42. The average molecular weight is 383 g/mol. The highest BCUT2D eigenvalue weighted by atomic mass is 16.5. The molecule has 1 aliphatic carbocycles. The maximum Gasteiger partial charge on any atom is 0.257 e. The predicted molar refractivity (Wildman–Crippen MR) is 108 cm³/mol. The van der Waals surface area contributed by atoms with Crippen LogP contribution in [0.4, 0.5) is 0 Å². The molecule has 2 aromatic rings. The number of likely N-dealkylation sites (tertiary alicyclic amines) is 1. The summed E-state index contributed by atoms with van der Waals surface area (Å²) in [6.45, 7) is 3.22. The van der Waals surface area contributed by atoms with Crippen molar-refractivity contribution in [1.29, 1.82) is 0 Å². The molecule has 1 aromatic carbocycles. The van der Waals surface area contributed by atoms with Crippen LogP contribution in [0.3, 0.4) is 0 Å². The molecule has 0 unspecified atom stereocenters. The molecule has 4 rings (SSSR count). The summed E-state index contributed by atoms with van der Waals surface area (Å²) in [4.78, 5) is 14.6. The number of nitrogens with zero attached hydrogens (tertiary/aromatic N) is 3. The first-order chi connectivity index (χ1) is 13.6. The molecule has 1 amide bonds. The zero-order valence-corrected chi connectivity index (χ0v) is 16.8. The number of methoxy groups -OCH3 is 1. The SMILES string of the molecule is COCC1(CN[C@H]2C[C@H]2c2ccccc2)CCN(C(=O)c2cnn(C)c2)CC1. The van der Waals surface area contributed by atoms with Crippen LogP contribution in [0.1, 0.15) is 41.1 Å². The van der Waals surface area contributed by atoms with Crippen molar-refractivity contribution in [2.75, 3.05) is 33.4 Å². The summed E-state index contributed by atoms with van der Waals surface area (Å²) in [5.41, 5.74) is 2.20. The lowest BCUT2D eigenvalue weighted by molar-refractivity contribution is 0.0202. The molecule has 1 saturated carbocycles. The summed E-state index contributed by atoms with van der Waals surface area (Å²) >= 11 is 0. The van der Waals surface area contributed by atoms with E-state index in [-0.39, 0.29) is 11.3 Å². The zero-order valence-electron chi connectivity index (χ0n) is 16.8. The van der Waals surface area contributed by atoms with Crippen molar-refractivity contribution in [3.05, 3.63) is 53.9 Å². The molecular weight excluding hydrogens is 352 g/mol. The van der Waals surface area contributed by atoms with Crippen molar-refractivity contribution in [1.82, 2.24) is 20.0 Å². The fourth-order valence-corrected chi connectivity index (χ4v) is 4.41. The number of aryl methyl sites for hydroxylation is 1. The fraction of sp³-hybridized carbons (Fsp3) is 0.545. The summed E-state index contributed by atoms with van der Waals surface area (Å²) < 4.78 is 7.25. The smallest absolute Gasteiger partial charge is 0.257 e. The van der Waals surface area contributed by atoms with Gasteiger partial charge in [-0.1, -0.05) is 30.3 Å². The number of rotatable bonds is 7. The lowest BCUT2D eigenvalue weighted by atomic mass is 9.78. The number of amides is 1. The van der Waals surface area contributed by atoms with Gasteiger partial charge >= 0.3 is 0 Å². The number of hydrogen-bond donors (Lipinski definition) is 1. The number of hydrogen-bond acceptors (Lipinski definition) is 4. The van der Waals surface area contributed by atoms with Gasteiger partial charge in [0, 0.05) is 57.4 Å². The molecule has 1 aromatic heterocycles. The molecule has 2 heterocycles. The van der Waals surface area contributed by atoms with E-state index in [2.05, 4.69) is 40.7 Å². The van der Waals surface area contributed by atoms with Gasteiger partial charge in [-0.25, -0.2) is 0 Å². The third-order valence-corrected chi connectivity index (χ3v) is 6.27. The Morgan fingerprint density at radius 3 is 2.68 bits per heavy atom. The second-order valence-electron chi connectivity index (χ2n) is 8.37. The molecule has 28 heavy (non-hydrogen) atoms. The van der Waals surface area contributed by atoms with E-state index in [0.29, 0.717) is 17.5 Å². The molecule has 0 radical (unpaired) electrons. The lowest BCUT2D eigenvalue weighted by Crippen LogP contribution is -2.49. The second-order valence-corrected chi connectivity index (χ2v) is 8.37. The number of carbonyl (C=O) groups is 1. The van der Waals surface area contributed by atoms with E-state index in [1.54, 1.807) is 24.2 Å². The van der Waals surface area contributed by atoms with E-state index < -0.39 is 0 Å². The monoisotopic (exact) mass is 382 g/mol. The van der Waals surface area contributed by atoms with Gasteiger partial charge in [0.1, 0.15) is 0 Å². The Morgan fingerprint density at radius 1 is 1.29 bits per heavy atom. The maximum atomic E-state index is 12.7. The van der Waals surface area contributed by atoms with E-state index in [9.17, 15) is 4.79 Å². The van der Waals surface area contributed by atoms with E-state index in [4.69, 9.17) is 4.74 Å². The highest BCUT2D eigenvalue weighted by Crippen LogP contribution is 2.42. The van der Waals surface area contributed by atoms with Gasteiger partial charge < -0.3 is 15.0 Å². The molecule has 6 nitrogen and oxygen atoms in total. The van der Waals surface area contributed by atoms with Gasteiger partial charge in [-0.15, -0.1) is 0 Å². The van der Waals surface area contributed by atoms with Gasteiger partial charge in [-0.2, -0.15) is 5.10 Å². The molecule has 1 aliphatic heterocycles. The van der Waals surface area contributed by atoms with Crippen LogP contribution in [0.5, 0.6) is 0 Å². The van der Waals surface area contributed by atoms with Gasteiger partial charge in [-0.3, -0.25) is 9.48 Å². The van der Waals surface area contributed by atoms with Crippen LogP contribution in [0.2, 0.25) is 0 Å². The summed E-state index contributed by atoms with van der Waals surface area (Å²) in [6.07, 6.45) is 6.57. The molecule has 2 fully saturated rings. The minimum Gasteiger partial charge on any atom is -0.384 e. The lowest BCUT2D eigenvalue weighted by Gasteiger charge is -2.41. The van der Waals surface area contributed by atoms with Gasteiger partial charge in [0.2, 0.25) is 0 Å². The van der Waals surface area contributed by atoms with Crippen LogP contribution >= 0.6 is 0 Å². The first-order valence-electron chi connectivity index (χ1n) is 10.2. The summed E-state index contributed by atoms with van der Waals surface area (Å²) in [5, 5.41) is 7.90. The highest BCUT2D eigenvalue weighted by molar-refractivity contribution is 5.93. The Balaban J connectivity index is 1.31. The number of benzene rings is 1. The average Bonchev–Trinajstić information content (AvgIpc) is 3.38. The van der Waals surface area contributed by atoms with Crippen molar-refractivity contribution < 1.29 is 9.53 Å².